The van der Waals surface area contributed by atoms with Crippen molar-refractivity contribution in [2.24, 2.45) is 0 Å². The Morgan fingerprint density at radius 2 is 1.88 bits per heavy atom. The minimum atomic E-state index is -3.01. The first kappa shape index (κ1) is 19.8. The Morgan fingerprint density at radius 1 is 1.24 bits per heavy atom. The predicted molar refractivity (Wildman–Crippen MR) is 99.7 cm³/mol. The third-order valence-electron chi connectivity index (χ3n) is 4.48. The van der Waals surface area contributed by atoms with Crippen molar-refractivity contribution in [1.82, 2.24) is 5.32 Å². The van der Waals surface area contributed by atoms with E-state index in [4.69, 9.17) is 4.74 Å². The molecule has 140 valence electrons. The van der Waals surface area contributed by atoms with Crippen LogP contribution in [0, 0.1) is 0 Å². The smallest absolute Gasteiger partial charge is 0.220 e. The topological polar surface area (TPSA) is 72.5 Å². The van der Waals surface area contributed by atoms with Gasteiger partial charge in [-0.1, -0.05) is 32.9 Å². The van der Waals surface area contributed by atoms with E-state index in [1.165, 1.54) is 5.56 Å². The van der Waals surface area contributed by atoms with Crippen LogP contribution < -0.4 is 10.1 Å². The number of hydrogen-bond donors (Lipinski definition) is 1. The van der Waals surface area contributed by atoms with Crippen LogP contribution in [0.1, 0.15) is 52.5 Å². The number of hydrogen-bond acceptors (Lipinski definition) is 4. The van der Waals surface area contributed by atoms with Crippen molar-refractivity contribution in [3.63, 3.8) is 0 Å². The van der Waals surface area contributed by atoms with Gasteiger partial charge in [-0.15, -0.1) is 0 Å². The normalized spacial score (nSPS) is 22.6. The summed E-state index contributed by atoms with van der Waals surface area (Å²) >= 11 is 0. The van der Waals surface area contributed by atoms with E-state index >= 15 is 0 Å². The third kappa shape index (κ3) is 6.03. The van der Waals surface area contributed by atoms with Gasteiger partial charge in [0.15, 0.2) is 9.84 Å². The summed E-state index contributed by atoms with van der Waals surface area (Å²) in [5.74, 6) is 0.855. The molecular weight excluding hydrogens is 338 g/mol. The molecule has 1 fully saturated rings. The standard InChI is InChI=1S/C19H29NO4S/c1-18(2,3)15-7-9-16(10-8-15)24-12-5-6-17(21)20-19(4)11-13-25(22,23)14-19/h7-10H,5-6,11-14H2,1-4H3,(H,20,21)/t19-/m0/s1. The second-order valence-electron chi connectivity index (χ2n) is 8.18. The van der Waals surface area contributed by atoms with E-state index in [9.17, 15) is 13.2 Å². The highest BCUT2D eigenvalue weighted by atomic mass is 32.2. The van der Waals surface area contributed by atoms with Crippen molar-refractivity contribution < 1.29 is 17.9 Å². The molecule has 1 heterocycles. The Hall–Kier alpha value is -1.56. The van der Waals surface area contributed by atoms with Gasteiger partial charge in [-0.05, 0) is 42.9 Å². The summed E-state index contributed by atoms with van der Waals surface area (Å²) in [7, 11) is -3.01. The van der Waals surface area contributed by atoms with Crippen molar-refractivity contribution in [3.05, 3.63) is 29.8 Å². The average molecular weight is 368 g/mol. The number of rotatable bonds is 6. The number of ether oxygens (including phenoxy) is 1. The van der Waals surface area contributed by atoms with Crippen LogP contribution in [0.15, 0.2) is 24.3 Å². The van der Waals surface area contributed by atoms with Crippen LogP contribution in [0.3, 0.4) is 0 Å². The lowest BCUT2D eigenvalue weighted by Crippen LogP contribution is -2.46. The second kappa shape index (κ2) is 7.36. The van der Waals surface area contributed by atoms with Gasteiger partial charge in [-0.3, -0.25) is 4.79 Å². The number of carbonyl (C=O) groups excluding carboxylic acids is 1. The molecule has 6 heteroatoms. The fraction of sp³-hybridized carbons (Fsp3) is 0.632. The molecule has 0 unspecified atom stereocenters. The van der Waals surface area contributed by atoms with E-state index in [-0.39, 0.29) is 22.8 Å². The number of benzene rings is 1. The van der Waals surface area contributed by atoms with Gasteiger partial charge < -0.3 is 10.1 Å². The van der Waals surface area contributed by atoms with Crippen LogP contribution in [0.5, 0.6) is 5.75 Å². The van der Waals surface area contributed by atoms with Gasteiger partial charge in [0.05, 0.1) is 23.7 Å². The van der Waals surface area contributed by atoms with Gasteiger partial charge in [0.25, 0.3) is 0 Å². The third-order valence-corrected chi connectivity index (χ3v) is 6.38. The Bertz CT molecular complexity index is 704. The minimum Gasteiger partial charge on any atom is -0.494 e. The highest BCUT2D eigenvalue weighted by molar-refractivity contribution is 7.91. The summed E-state index contributed by atoms with van der Waals surface area (Å²) in [5, 5.41) is 2.86. The summed E-state index contributed by atoms with van der Waals surface area (Å²) in [5.41, 5.74) is 0.735. The van der Waals surface area contributed by atoms with Crippen LogP contribution in [0.25, 0.3) is 0 Å². The SMILES string of the molecule is CC(C)(C)c1ccc(OCCCC(=O)N[C@@]2(C)CCS(=O)(=O)C2)cc1. The first-order chi connectivity index (χ1) is 11.5. The van der Waals surface area contributed by atoms with Crippen molar-refractivity contribution in [3.8, 4) is 5.75 Å². The van der Waals surface area contributed by atoms with E-state index in [1.54, 1.807) is 6.92 Å². The molecule has 1 aliphatic rings. The van der Waals surface area contributed by atoms with E-state index in [0.717, 1.165) is 5.75 Å². The van der Waals surface area contributed by atoms with Crippen LogP contribution in [-0.4, -0.2) is 38.0 Å². The molecule has 0 bridgehead atoms. The van der Waals surface area contributed by atoms with Crippen LogP contribution >= 0.6 is 0 Å². The van der Waals surface area contributed by atoms with E-state index in [1.807, 2.05) is 12.1 Å². The molecule has 1 aromatic carbocycles. The lowest BCUT2D eigenvalue weighted by atomic mass is 9.87. The summed E-state index contributed by atoms with van der Waals surface area (Å²) in [6, 6.07) is 8.02. The maximum Gasteiger partial charge on any atom is 0.220 e. The molecule has 2 rings (SSSR count). The Labute approximate surface area is 151 Å². The fourth-order valence-corrected chi connectivity index (χ4v) is 5.08. The van der Waals surface area contributed by atoms with Crippen LogP contribution in [0.2, 0.25) is 0 Å². The van der Waals surface area contributed by atoms with Gasteiger partial charge in [-0.25, -0.2) is 8.42 Å². The molecule has 1 atom stereocenters. The number of nitrogens with one attached hydrogen (secondary N) is 1. The van der Waals surface area contributed by atoms with Gasteiger partial charge >= 0.3 is 0 Å². The van der Waals surface area contributed by atoms with Gasteiger partial charge in [0, 0.05) is 6.42 Å². The zero-order chi connectivity index (χ0) is 18.7. The Kier molecular flexibility index (Phi) is 5.82. The summed E-state index contributed by atoms with van der Waals surface area (Å²) in [6.45, 7) is 8.74. The molecule has 1 amide bonds. The molecule has 0 aromatic heterocycles. The molecule has 0 saturated carbocycles. The van der Waals surface area contributed by atoms with Crippen molar-refractivity contribution in [2.45, 2.75) is 57.9 Å². The minimum absolute atomic E-state index is 0.0301. The predicted octanol–water partition coefficient (Wildman–Crippen LogP) is 2.84. The highest BCUT2D eigenvalue weighted by Crippen LogP contribution is 2.25. The first-order valence-electron chi connectivity index (χ1n) is 8.74. The molecule has 1 saturated heterocycles. The van der Waals surface area contributed by atoms with Crippen LogP contribution in [0.4, 0.5) is 0 Å². The van der Waals surface area contributed by atoms with Crippen LogP contribution in [-0.2, 0) is 20.0 Å². The number of amides is 1. The van der Waals surface area contributed by atoms with Crippen molar-refractivity contribution in [2.75, 3.05) is 18.1 Å². The molecule has 0 aliphatic carbocycles. The maximum atomic E-state index is 12.0. The second-order valence-corrected chi connectivity index (χ2v) is 10.4. The van der Waals surface area contributed by atoms with Crippen molar-refractivity contribution in [1.29, 1.82) is 0 Å². The number of sulfone groups is 1. The molecule has 0 radical (unpaired) electrons. The monoisotopic (exact) mass is 367 g/mol. The van der Waals surface area contributed by atoms with Gasteiger partial charge in [-0.2, -0.15) is 0 Å². The molecule has 1 aromatic rings. The fourth-order valence-electron chi connectivity index (χ4n) is 2.98. The van der Waals surface area contributed by atoms with Gasteiger partial charge in [0.1, 0.15) is 5.75 Å². The average Bonchev–Trinajstić information content (AvgIpc) is 2.76. The quantitative estimate of drug-likeness (QED) is 0.785. The Balaban J connectivity index is 1.71. The maximum absolute atomic E-state index is 12.0. The van der Waals surface area contributed by atoms with Crippen molar-refractivity contribution >= 4 is 15.7 Å². The molecule has 5 nitrogen and oxygen atoms in total. The van der Waals surface area contributed by atoms with E-state index in [0.29, 0.717) is 25.9 Å². The largest absolute Gasteiger partial charge is 0.494 e. The lowest BCUT2D eigenvalue weighted by Gasteiger charge is -2.23. The summed E-state index contributed by atoms with van der Waals surface area (Å²) < 4.78 is 28.8. The molecule has 0 spiro atoms. The highest BCUT2D eigenvalue weighted by Gasteiger charge is 2.39. The molecule has 25 heavy (non-hydrogen) atoms. The number of carbonyl (C=O) groups is 1. The molecule has 1 N–H and O–H groups in total. The lowest BCUT2D eigenvalue weighted by molar-refractivity contribution is -0.122. The zero-order valence-electron chi connectivity index (χ0n) is 15.6. The van der Waals surface area contributed by atoms with E-state index in [2.05, 4.69) is 38.2 Å². The first-order valence-corrected chi connectivity index (χ1v) is 10.6. The summed E-state index contributed by atoms with van der Waals surface area (Å²) in [4.78, 5) is 12.0. The van der Waals surface area contributed by atoms with Gasteiger partial charge in [0.2, 0.25) is 5.91 Å². The Morgan fingerprint density at radius 3 is 2.40 bits per heavy atom. The molecule has 1 aliphatic heterocycles. The summed E-state index contributed by atoms with van der Waals surface area (Å²) in [6.07, 6.45) is 1.41. The zero-order valence-corrected chi connectivity index (χ0v) is 16.4. The van der Waals surface area contributed by atoms with E-state index < -0.39 is 15.4 Å². The molecular formula is C19H29NO4S.